The van der Waals surface area contributed by atoms with Gasteiger partial charge in [0.25, 0.3) is 0 Å². The first kappa shape index (κ1) is 25.8. The zero-order valence-electron chi connectivity index (χ0n) is 24.2. The Morgan fingerprint density at radius 2 is 1.13 bits per heavy atom. The summed E-state index contributed by atoms with van der Waals surface area (Å²) in [6, 6.07) is 55.7. The lowest BCUT2D eigenvalue weighted by atomic mass is 10.00. The normalized spacial score (nSPS) is 11.6. The Hall–Kier alpha value is -5.71. The van der Waals surface area contributed by atoms with E-state index < -0.39 is 0 Å². The molecule has 0 bridgehead atoms. The molecule has 0 fully saturated rings. The quantitative estimate of drug-likeness (QED) is 0.198. The fourth-order valence-electron chi connectivity index (χ4n) is 6.27. The Balaban J connectivity index is 1.12. The molecule has 3 nitrogen and oxygen atoms in total. The largest absolute Gasteiger partial charge is 0.436 e. The Labute approximate surface area is 264 Å². The van der Waals surface area contributed by atoms with E-state index in [0.29, 0.717) is 5.89 Å². The molecule has 0 saturated heterocycles. The fraction of sp³-hybridized carbons (Fsp3) is 0. The highest BCUT2D eigenvalue weighted by Gasteiger charge is 2.16. The summed E-state index contributed by atoms with van der Waals surface area (Å²) in [6.07, 6.45) is 0. The van der Waals surface area contributed by atoms with Crippen molar-refractivity contribution in [2.24, 2.45) is 0 Å². The summed E-state index contributed by atoms with van der Waals surface area (Å²) >= 11 is 1.85. The highest BCUT2D eigenvalue weighted by Crippen LogP contribution is 2.41. The molecular weight excluding hydrogens is 569 g/mol. The van der Waals surface area contributed by atoms with Crippen LogP contribution in [0.1, 0.15) is 0 Å². The van der Waals surface area contributed by atoms with Gasteiger partial charge in [-0.15, -0.1) is 11.3 Å². The van der Waals surface area contributed by atoms with E-state index in [1.165, 1.54) is 20.2 Å². The Morgan fingerprint density at radius 1 is 0.467 bits per heavy atom. The van der Waals surface area contributed by atoms with Crippen LogP contribution in [0, 0.1) is 0 Å². The zero-order valence-corrected chi connectivity index (χ0v) is 25.0. The van der Waals surface area contributed by atoms with Crippen molar-refractivity contribution < 1.29 is 4.42 Å². The number of anilines is 3. The van der Waals surface area contributed by atoms with Crippen LogP contribution in [0.15, 0.2) is 162 Å². The molecule has 2 aromatic heterocycles. The minimum absolute atomic E-state index is 0.641. The third kappa shape index (κ3) is 4.46. The molecule has 45 heavy (non-hydrogen) atoms. The molecule has 0 aliphatic heterocycles. The Kier molecular flexibility index (Phi) is 6.00. The highest BCUT2D eigenvalue weighted by atomic mass is 32.1. The molecule has 0 atom stereocenters. The molecule has 2 heterocycles. The lowest BCUT2D eigenvalue weighted by Crippen LogP contribution is -2.09. The SMILES string of the molecule is c1ccc(-c2nc3c(ccc4ccc(-c5ccc(N(c6ccccc6)c6ccc7sc8ccccc8c7c6)cc5)cc43)o2)cc1. The van der Waals surface area contributed by atoms with Gasteiger partial charge in [-0.25, -0.2) is 4.98 Å². The molecule has 0 amide bonds. The number of nitrogens with zero attached hydrogens (tertiary/aromatic N) is 2. The lowest BCUT2D eigenvalue weighted by molar-refractivity contribution is 0.620. The van der Waals surface area contributed by atoms with Gasteiger partial charge in [-0.3, -0.25) is 0 Å². The molecule has 0 saturated carbocycles. The third-order valence-electron chi connectivity index (χ3n) is 8.49. The van der Waals surface area contributed by atoms with Gasteiger partial charge in [-0.1, -0.05) is 84.9 Å². The van der Waals surface area contributed by atoms with Crippen molar-refractivity contribution in [3.05, 3.63) is 158 Å². The summed E-state index contributed by atoms with van der Waals surface area (Å²) in [5.41, 5.74) is 8.31. The minimum atomic E-state index is 0.641. The molecule has 9 rings (SSSR count). The van der Waals surface area contributed by atoms with Crippen LogP contribution in [0.4, 0.5) is 17.1 Å². The van der Waals surface area contributed by atoms with Gasteiger partial charge in [0.1, 0.15) is 5.52 Å². The molecular formula is C41H26N2OS. The molecule has 7 aromatic carbocycles. The maximum Gasteiger partial charge on any atom is 0.227 e. The number of para-hydroxylation sites is 1. The zero-order chi connectivity index (χ0) is 29.7. The van der Waals surface area contributed by atoms with Gasteiger partial charge < -0.3 is 9.32 Å². The first-order valence-electron chi connectivity index (χ1n) is 15.0. The van der Waals surface area contributed by atoms with Crippen LogP contribution < -0.4 is 4.90 Å². The van der Waals surface area contributed by atoms with Gasteiger partial charge in [0.05, 0.1) is 0 Å². The van der Waals surface area contributed by atoms with Crippen LogP contribution in [0.5, 0.6) is 0 Å². The Bertz CT molecular complexity index is 2480. The second kappa shape index (κ2) is 10.5. The molecule has 0 aliphatic carbocycles. The van der Waals surface area contributed by atoms with Crippen LogP contribution in [0.3, 0.4) is 0 Å². The van der Waals surface area contributed by atoms with Crippen molar-refractivity contribution in [1.82, 2.24) is 4.98 Å². The van der Waals surface area contributed by atoms with Crippen LogP contribution in [0.2, 0.25) is 0 Å². The van der Waals surface area contributed by atoms with Crippen molar-refractivity contribution >= 4 is 70.4 Å². The molecule has 0 aliphatic rings. The third-order valence-corrected chi connectivity index (χ3v) is 9.64. The standard InChI is InChI=1S/C41H26N2OS/c1-3-9-29(10-4-1)41-42-40-35-25-30(16-15-28(35)19-23-37(40)44-41)27-17-20-32(21-18-27)43(31-11-5-2-6-12-31)33-22-24-39-36(26-33)34-13-7-8-14-38(34)45-39/h1-26H. The van der Waals surface area contributed by atoms with Crippen LogP contribution in [-0.4, -0.2) is 4.98 Å². The summed E-state index contributed by atoms with van der Waals surface area (Å²) in [7, 11) is 0. The van der Waals surface area contributed by atoms with E-state index in [9.17, 15) is 0 Å². The van der Waals surface area contributed by atoms with E-state index in [1.807, 2.05) is 47.7 Å². The van der Waals surface area contributed by atoms with E-state index in [2.05, 4.69) is 126 Å². The van der Waals surface area contributed by atoms with Gasteiger partial charge in [0, 0.05) is 48.2 Å². The van der Waals surface area contributed by atoms with Gasteiger partial charge in [0.2, 0.25) is 5.89 Å². The molecule has 212 valence electrons. The summed E-state index contributed by atoms with van der Waals surface area (Å²) < 4.78 is 8.78. The predicted molar refractivity (Wildman–Crippen MR) is 190 cm³/mol. The maximum atomic E-state index is 6.16. The van der Waals surface area contributed by atoms with E-state index in [1.54, 1.807) is 0 Å². The smallest absolute Gasteiger partial charge is 0.227 e. The molecule has 0 N–H and O–H groups in total. The average molecular weight is 595 g/mol. The van der Waals surface area contributed by atoms with Gasteiger partial charge in [-0.05, 0) is 89.3 Å². The minimum Gasteiger partial charge on any atom is -0.436 e. The first-order chi connectivity index (χ1) is 22.3. The number of hydrogen-bond acceptors (Lipinski definition) is 4. The van der Waals surface area contributed by atoms with Crippen molar-refractivity contribution in [1.29, 1.82) is 0 Å². The van der Waals surface area contributed by atoms with Crippen LogP contribution in [0.25, 0.3) is 64.6 Å². The van der Waals surface area contributed by atoms with Crippen LogP contribution >= 0.6 is 11.3 Å². The number of rotatable bonds is 5. The number of aromatic nitrogens is 1. The van der Waals surface area contributed by atoms with Gasteiger partial charge in [0.15, 0.2) is 5.58 Å². The number of thiophene rings is 1. The second-order valence-electron chi connectivity index (χ2n) is 11.2. The number of oxazole rings is 1. The summed E-state index contributed by atoms with van der Waals surface area (Å²) in [6.45, 7) is 0. The van der Waals surface area contributed by atoms with Gasteiger partial charge in [-0.2, -0.15) is 0 Å². The molecule has 0 spiro atoms. The van der Waals surface area contributed by atoms with Gasteiger partial charge >= 0.3 is 0 Å². The topological polar surface area (TPSA) is 29.3 Å². The van der Waals surface area contributed by atoms with Crippen LogP contribution in [-0.2, 0) is 0 Å². The molecule has 0 radical (unpaired) electrons. The summed E-state index contributed by atoms with van der Waals surface area (Å²) in [4.78, 5) is 7.25. The molecule has 0 unspecified atom stereocenters. The van der Waals surface area contributed by atoms with E-state index in [4.69, 9.17) is 9.40 Å². The van der Waals surface area contributed by atoms with Crippen molar-refractivity contribution in [3.8, 4) is 22.6 Å². The number of fused-ring (bicyclic) bond motifs is 6. The van der Waals surface area contributed by atoms with Crippen molar-refractivity contribution in [2.45, 2.75) is 0 Å². The monoisotopic (exact) mass is 594 g/mol. The predicted octanol–water partition coefficient (Wildman–Crippen LogP) is 12.2. The fourth-order valence-corrected chi connectivity index (χ4v) is 7.36. The highest BCUT2D eigenvalue weighted by molar-refractivity contribution is 7.25. The Morgan fingerprint density at radius 3 is 1.98 bits per heavy atom. The van der Waals surface area contributed by atoms with E-state index in [0.717, 1.165) is 55.6 Å². The summed E-state index contributed by atoms with van der Waals surface area (Å²) in [5, 5.41) is 4.82. The first-order valence-corrected chi connectivity index (χ1v) is 15.9. The average Bonchev–Trinajstić information content (AvgIpc) is 3.72. The van der Waals surface area contributed by atoms with Crippen molar-refractivity contribution in [3.63, 3.8) is 0 Å². The molecule has 9 aromatic rings. The molecule has 4 heteroatoms. The number of hydrogen-bond donors (Lipinski definition) is 0. The lowest BCUT2D eigenvalue weighted by Gasteiger charge is -2.26. The second-order valence-corrected chi connectivity index (χ2v) is 12.3. The maximum absolute atomic E-state index is 6.16. The van der Waals surface area contributed by atoms with E-state index >= 15 is 0 Å². The van der Waals surface area contributed by atoms with E-state index in [-0.39, 0.29) is 0 Å². The van der Waals surface area contributed by atoms with Crippen molar-refractivity contribution in [2.75, 3.05) is 4.90 Å². The number of benzene rings is 7. The summed E-state index contributed by atoms with van der Waals surface area (Å²) in [5.74, 6) is 0.641.